The van der Waals surface area contributed by atoms with Crippen LogP contribution in [-0.2, 0) is 0 Å². The Balaban J connectivity index is 1.64. The molecule has 3 aromatic rings. The highest BCUT2D eigenvalue weighted by Crippen LogP contribution is 2.28. The molecule has 8 nitrogen and oxygen atoms in total. The predicted octanol–water partition coefficient (Wildman–Crippen LogP) is 3.85. The van der Waals surface area contributed by atoms with Crippen molar-refractivity contribution in [1.29, 1.82) is 0 Å². The molecule has 0 aliphatic carbocycles. The molecule has 3 rings (SSSR count). The van der Waals surface area contributed by atoms with Crippen molar-refractivity contribution in [3.05, 3.63) is 66.2 Å². The highest BCUT2D eigenvalue weighted by atomic mass is 16.5. The summed E-state index contributed by atoms with van der Waals surface area (Å²) in [4.78, 5) is 16.5. The minimum atomic E-state index is -0.328. The fourth-order valence-electron chi connectivity index (χ4n) is 2.79. The van der Waals surface area contributed by atoms with E-state index < -0.39 is 0 Å². The Hall–Kier alpha value is -3.68. The maximum atomic E-state index is 12.5. The number of amides is 1. The third-order valence-electron chi connectivity index (χ3n) is 4.67. The lowest BCUT2D eigenvalue weighted by Crippen LogP contribution is -2.19. The Morgan fingerprint density at radius 1 is 1.13 bits per heavy atom. The van der Waals surface area contributed by atoms with E-state index in [0.29, 0.717) is 35.3 Å². The molecular weight excluding hydrogens is 394 g/mol. The number of methoxy groups -OCH3 is 1. The Kier molecular flexibility index (Phi) is 7.37. The lowest BCUT2D eigenvalue weighted by atomic mass is 10.1. The number of carbonyl (C=O) groups excluding carboxylic acids is 1. The maximum Gasteiger partial charge on any atom is 0.271 e. The van der Waals surface area contributed by atoms with Gasteiger partial charge in [-0.15, -0.1) is 0 Å². The standard InChI is InChI=1S/C23H27N5O3/c1-16(2)11-12-31-21-10-7-19(13-22(21)30-4)23(29)27-26-17(3)18-5-8-20(9-6-18)28-15-24-14-25-28/h5-10,13-16H,11-12H2,1-4H3,(H,27,29)/b26-17-. The minimum Gasteiger partial charge on any atom is -0.493 e. The van der Waals surface area contributed by atoms with E-state index in [1.807, 2.05) is 31.2 Å². The molecule has 2 aromatic carbocycles. The van der Waals surface area contributed by atoms with Crippen molar-refractivity contribution in [3.8, 4) is 17.2 Å². The van der Waals surface area contributed by atoms with Crippen LogP contribution in [0.1, 0.15) is 43.1 Å². The van der Waals surface area contributed by atoms with E-state index in [2.05, 4.69) is 34.5 Å². The monoisotopic (exact) mass is 421 g/mol. The molecule has 0 saturated carbocycles. The number of nitrogens with zero attached hydrogens (tertiary/aromatic N) is 4. The van der Waals surface area contributed by atoms with E-state index in [4.69, 9.17) is 9.47 Å². The Morgan fingerprint density at radius 3 is 2.52 bits per heavy atom. The zero-order chi connectivity index (χ0) is 22.2. The number of rotatable bonds is 9. The predicted molar refractivity (Wildman–Crippen MR) is 119 cm³/mol. The summed E-state index contributed by atoms with van der Waals surface area (Å²) in [5.41, 5.74) is 5.48. The second kappa shape index (κ2) is 10.4. The molecule has 1 heterocycles. The van der Waals surface area contributed by atoms with Crippen LogP contribution in [0.25, 0.3) is 5.69 Å². The molecule has 1 N–H and O–H groups in total. The number of hydrazone groups is 1. The van der Waals surface area contributed by atoms with E-state index in [1.54, 1.807) is 36.3 Å². The fraction of sp³-hybridized carbons (Fsp3) is 0.304. The molecule has 0 bridgehead atoms. The van der Waals surface area contributed by atoms with Gasteiger partial charge in [-0.2, -0.15) is 10.2 Å². The molecule has 162 valence electrons. The Labute approximate surface area is 181 Å². The molecule has 0 saturated heterocycles. The van der Waals surface area contributed by atoms with Crippen LogP contribution < -0.4 is 14.9 Å². The van der Waals surface area contributed by atoms with Gasteiger partial charge in [0, 0.05) is 5.56 Å². The zero-order valence-electron chi connectivity index (χ0n) is 18.2. The summed E-state index contributed by atoms with van der Waals surface area (Å²) in [6.07, 6.45) is 4.06. The molecule has 0 spiro atoms. The van der Waals surface area contributed by atoms with Crippen molar-refractivity contribution >= 4 is 11.6 Å². The number of aromatic nitrogens is 3. The number of hydrogen-bond acceptors (Lipinski definition) is 6. The molecule has 0 atom stereocenters. The van der Waals surface area contributed by atoms with Crippen LogP contribution >= 0.6 is 0 Å². The summed E-state index contributed by atoms with van der Waals surface area (Å²) >= 11 is 0. The summed E-state index contributed by atoms with van der Waals surface area (Å²) in [7, 11) is 1.55. The van der Waals surface area contributed by atoms with E-state index in [-0.39, 0.29) is 5.91 Å². The van der Waals surface area contributed by atoms with Crippen LogP contribution in [0.5, 0.6) is 11.5 Å². The van der Waals surface area contributed by atoms with Crippen molar-refractivity contribution in [3.63, 3.8) is 0 Å². The molecule has 1 amide bonds. The van der Waals surface area contributed by atoms with Crippen molar-refractivity contribution in [2.75, 3.05) is 13.7 Å². The summed E-state index contributed by atoms with van der Waals surface area (Å²) in [6.45, 7) is 6.71. The van der Waals surface area contributed by atoms with E-state index >= 15 is 0 Å². The fourth-order valence-corrected chi connectivity index (χ4v) is 2.79. The van der Waals surface area contributed by atoms with Crippen molar-refractivity contribution in [1.82, 2.24) is 20.2 Å². The number of benzene rings is 2. The molecule has 0 radical (unpaired) electrons. The third-order valence-corrected chi connectivity index (χ3v) is 4.67. The van der Waals surface area contributed by atoms with Gasteiger partial charge in [0.1, 0.15) is 12.7 Å². The lowest BCUT2D eigenvalue weighted by Gasteiger charge is -2.12. The van der Waals surface area contributed by atoms with Gasteiger partial charge in [0.05, 0.1) is 25.1 Å². The SMILES string of the molecule is COc1cc(C(=O)N/N=C(/C)c2ccc(-n3cncn3)cc2)ccc1OCCC(C)C. The largest absolute Gasteiger partial charge is 0.493 e. The first kappa shape index (κ1) is 22.0. The number of carbonyl (C=O) groups is 1. The van der Waals surface area contributed by atoms with Crippen LogP contribution in [0.4, 0.5) is 0 Å². The average molecular weight is 422 g/mol. The Morgan fingerprint density at radius 2 is 1.87 bits per heavy atom. The summed E-state index contributed by atoms with van der Waals surface area (Å²) in [5, 5.41) is 8.32. The van der Waals surface area contributed by atoms with E-state index in [0.717, 1.165) is 17.7 Å². The minimum absolute atomic E-state index is 0.328. The first-order chi connectivity index (χ1) is 15.0. The average Bonchev–Trinajstić information content (AvgIpc) is 3.32. The van der Waals surface area contributed by atoms with E-state index in [1.165, 1.54) is 6.33 Å². The molecule has 0 aliphatic rings. The maximum absolute atomic E-state index is 12.5. The van der Waals surface area contributed by atoms with Gasteiger partial charge in [-0.1, -0.05) is 26.0 Å². The van der Waals surface area contributed by atoms with E-state index in [9.17, 15) is 4.79 Å². The topological polar surface area (TPSA) is 90.6 Å². The summed E-state index contributed by atoms with van der Waals surface area (Å²) in [6, 6.07) is 12.7. The van der Waals surface area contributed by atoms with Crippen LogP contribution in [0.2, 0.25) is 0 Å². The highest BCUT2D eigenvalue weighted by Gasteiger charge is 2.11. The summed E-state index contributed by atoms with van der Waals surface area (Å²) < 4.78 is 12.8. The molecule has 8 heteroatoms. The molecule has 0 fully saturated rings. The van der Waals surface area contributed by atoms with Gasteiger partial charge in [0.2, 0.25) is 0 Å². The smallest absolute Gasteiger partial charge is 0.271 e. The van der Waals surface area contributed by atoms with Gasteiger partial charge in [-0.3, -0.25) is 4.79 Å². The van der Waals surface area contributed by atoms with Gasteiger partial charge in [0.25, 0.3) is 5.91 Å². The first-order valence-corrected chi connectivity index (χ1v) is 10.1. The van der Waals surface area contributed by atoms with Gasteiger partial charge >= 0.3 is 0 Å². The van der Waals surface area contributed by atoms with Gasteiger partial charge in [-0.25, -0.2) is 15.1 Å². The van der Waals surface area contributed by atoms with Gasteiger partial charge < -0.3 is 9.47 Å². The van der Waals surface area contributed by atoms with Crippen LogP contribution in [0.15, 0.2) is 60.2 Å². The van der Waals surface area contributed by atoms with Crippen molar-refractivity contribution in [2.24, 2.45) is 11.0 Å². The van der Waals surface area contributed by atoms with Crippen LogP contribution in [0, 0.1) is 5.92 Å². The zero-order valence-corrected chi connectivity index (χ0v) is 18.2. The lowest BCUT2D eigenvalue weighted by molar-refractivity contribution is 0.0954. The Bertz CT molecular complexity index is 1030. The molecule has 0 aliphatic heterocycles. The van der Waals surface area contributed by atoms with Crippen LogP contribution in [0.3, 0.4) is 0 Å². The molecule has 31 heavy (non-hydrogen) atoms. The van der Waals surface area contributed by atoms with Crippen molar-refractivity contribution in [2.45, 2.75) is 27.2 Å². The number of ether oxygens (including phenoxy) is 2. The molecule has 1 aromatic heterocycles. The first-order valence-electron chi connectivity index (χ1n) is 10.1. The van der Waals surface area contributed by atoms with Crippen LogP contribution in [-0.4, -0.2) is 40.1 Å². The second-order valence-corrected chi connectivity index (χ2v) is 7.42. The van der Waals surface area contributed by atoms with Crippen molar-refractivity contribution < 1.29 is 14.3 Å². The third kappa shape index (κ3) is 5.91. The number of nitrogens with one attached hydrogen (secondary N) is 1. The summed E-state index contributed by atoms with van der Waals surface area (Å²) in [5.74, 6) is 1.36. The quantitative estimate of drug-likeness (QED) is 0.419. The molecule has 0 unspecified atom stereocenters. The second-order valence-electron chi connectivity index (χ2n) is 7.42. The van der Waals surface area contributed by atoms with Gasteiger partial charge in [0.15, 0.2) is 11.5 Å². The molecular formula is C23H27N5O3. The highest BCUT2D eigenvalue weighted by molar-refractivity contribution is 6.01. The van der Waals surface area contributed by atoms with Gasteiger partial charge in [-0.05, 0) is 55.2 Å². The number of hydrogen-bond donors (Lipinski definition) is 1. The normalized spacial score (nSPS) is 11.5.